The van der Waals surface area contributed by atoms with Gasteiger partial charge in [-0.2, -0.15) is 0 Å². The third-order valence-electron chi connectivity index (χ3n) is 3.31. The van der Waals surface area contributed by atoms with Crippen molar-refractivity contribution in [1.82, 2.24) is 5.43 Å². The normalized spacial score (nSPS) is 10.9. The molecule has 138 valence electrons. The number of hydrazine groups is 1. The van der Waals surface area contributed by atoms with Crippen molar-refractivity contribution >= 4 is 55.8 Å². The lowest BCUT2D eigenvalue weighted by molar-refractivity contribution is -0.119. The zero-order valence-corrected chi connectivity index (χ0v) is 16.7. The van der Waals surface area contributed by atoms with E-state index in [1.807, 2.05) is 5.43 Å². The van der Waals surface area contributed by atoms with Crippen molar-refractivity contribution in [2.45, 2.75) is 11.8 Å². The predicted molar refractivity (Wildman–Crippen MR) is 107 cm³/mol. The first kappa shape index (κ1) is 20.1. The molecule has 2 aromatic carbocycles. The number of amides is 2. The number of carbonyl (C=O) groups excluding carboxylic acids is 2. The number of halogens is 1. The maximum atomic E-state index is 13.0. The van der Waals surface area contributed by atoms with E-state index >= 15 is 0 Å². The van der Waals surface area contributed by atoms with E-state index in [0.717, 1.165) is 7.88 Å². The lowest BCUT2D eigenvalue weighted by Crippen LogP contribution is -2.43. The molecule has 0 saturated carbocycles. The second-order valence-electron chi connectivity index (χ2n) is 5.26. The van der Waals surface area contributed by atoms with Gasteiger partial charge >= 0.3 is 0 Å². The molecule has 4 N–H and O–H groups in total. The molecule has 0 unspecified atom stereocenters. The summed E-state index contributed by atoms with van der Waals surface area (Å²) < 4.78 is 27.9. The van der Waals surface area contributed by atoms with Crippen LogP contribution in [0.3, 0.4) is 0 Å². The first-order valence-electron chi connectivity index (χ1n) is 7.39. The van der Waals surface area contributed by atoms with Crippen molar-refractivity contribution in [3.8, 4) is 0 Å². The highest BCUT2D eigenvalue weighted by atomic mass is 127. The third kappa shape index (κ3) is 4.93. The van der Waals surface area contributed by atoms with E-state index in [2.05, 4.69) is 27.9 Å². The SMILES string of the molecule is CC(=O)Nc1ccc(S(=O)(=O)N(CC(=O)NN)c2cccc(I)c2)cc1. The summed E-state index contributed by atoms with van der Waals surface area (Å²) in [6.45, 7) is 0.890. The average molecular weight is 488 g/mol. The highest BCUT2D eigenvalue weighted by Gasteiger charge is 2.27. The van der Waals surface area contributed by atoms with Gasteiger partial charge in [0, 0.05) is 16.2 Å². The highest BCUT2D eigenvalue weighted by Crippen LogP contribution is 2.25. The molecule has 0 aliphatic carbocycles. The van der Waals surface area contributed by atoms with E-state index in [1.54, 1.807) is 24.3 Å². The van der Waals surface area contributed by atoms with Crippen molar-refractivity contribution in [2.24, 2.45) is 5.84 Å². The lowest BCUT2D eigenvalue weighted by atomic mass is 10.3. The van der Waals surface area contributed by atoms with Crippen LogP contribution < -0.4 is 20.9 Å². The number of anilines is 2. The van der Waals surface area contributed by atoms with Crippen LogP contribution in [0.25, 0.3) is 0 Å². The molecule has 26 heavy (non-hydrogen) atoms. The smallest absolute Gasteiger partial charge is 0.264 e. The van der Waals surface area contributed by atoms with Crippen molar-refractivity contribution in [2.75, 3.05) is 16.2 Å². The van der Waals surface area contributed by atoms with E-state index in [0.29, 0.717) is 11.4 Å². The standard InChI is InChI=1S/C16H17IN4O4S/c1-11(22)19-13-5-7-15(8-6-13)26(24,25)21(10-16(23)20-18)14-4-2-3-12(17)9-14/h2-9H,10,18H2,1H3,(H,19,22)(H,20,23). The van der Waals surface area contributed by atoms with Gasteiger partial charge in [0.25, 0.3) is 15.9 Å². The molecular formula is C16H17IN4O4S. The number of nitrogens with zero attached hydrogens (tertiary/aromatic N) is 1. The maximum absolute atomic E-state index is 13.0. The fourth-order valence-corrected chi connectivity index (χ4v) is 4.10. The quantitative estimate of drug-likeness (QED) is 0.246. The maximum Gasteiger partial charge on any atom is 0.264 e. The summed E-state index contributed by atoms with van der Waals surface area (Å²) >= 11 is 2.05. The Balaban J connectivity index is 2.44. The van der Waals surface area contributed by atoms with Gasteiger partial charge in [0.1, 0.15) is 6.54 Å². The molecule has 0 radical (unpaired) electrons. The Morgan fingerprint density at radius 2 is 1.81 bits per heavy atom. The molecule has 0 aromatic heterocycles. The van der Waals surface area contributed by atoms with Gasteiger partial charge in [0.2, 0.25) is 5.91 Å². The van der Waals surface area contributed by atoms with Gasteiger partial charge in [0.05, 0.1) is 10.6 Å². The van der Waals surface area contributed by atoms with Crippen LogP contribution in [-0.4, -0.2) is 26.8 Å². The Labute approximate surface area is 164 Å². The summed E-state index contributed by atoms with van der Waals surface area (Å²) in [5, 5.41) is 2.56. The first-order chi connectivity index (χ1) is 12.2. The average Bonchev–Trinajstić information content (AvgIpc) is 2.59. The molecule has 2 rings (SSSR count). The molecule has 8 nitrogen and oxygen atoms in total. The zero-order valence-electron chi connectivity index (χ0n) is 13.8. The molecule has 10 heteroatoms. The van der Waals surface area contributed by atoms with Crippen LogP contribution >= 0.6 is 22.6 Å². The van der Waals surface area contributed by atoms with Crippen LogP contribution in [0.2, 0.25) is 0 Å². The van der Waals surface area contributed by atoms with Crippen molar-refractivity contribution in [3.05, 3.63) is 52.1 Å². The van der Waals surface area contributed by atoms with Crippen LogP contribution in [0.4, 0.5) is 11.4 Å². The fraction of sp³-hybridized carbons (Fsp3) is 0.125. The van der Waals surface area contributed by atoms with Crippen LogP contribution in [0, 0.1) is 3.57 Å². The minimum absolute atomic E-state index is 0.0183. The van der Waals surface area contributed by atoms with Gasteiger partial charge in [-0.05, 0) is 65.1 Å². The van der Waals surface area contributed by atoms with Crippen molar-refractivity contribution in [3.63, 3.8) is 0 Å². The van der Waals surface area contributed by atoms with Crippen LogP contribution in [-0.2, 0) is 19.6 Å². The number of benzene rings is 2. The van der Waals surface area contributed by atoms with Gasteiger partial charge in [-0.3, -0.25) is 19.3 Å². The Hall–Kier alpha value is -2.18. The largest absolute Gasteiger partial charge is 0.326 e. The molecule has 0 fully saturated rings. The summed E-state index contributed by atoms with van der Waals surface area (Å²) in [5.74, 6) is 4.20. The predicted octanol–water partition coefficient (Wildman–Crippen LogP) is 1.43. The van der Waals surface area contributed by atoms with Gasteiger partial charge in [-0.1, -0.05) is 6.07 Å². The molecule has 0 atom stereocenters. The second-order valence-corrected chi connectivity index (χ2v) is 8.37. The number of hydrogen-bond acceptors (Lipinski definition) is 5. The van der Waals surface area contributed by atoms with Crippen LogP contribution in [0.5, 0.6) is 0 Å². The van der Waals surface area contributed by atoms with E-state index in [-0.39, 0.29) is 10.8 Å². The topological polar surface area (TPSA) is 122 Å². The number of nitrogens with one attached hydrogen (secondary N) is 2. The molecule has 2 aromatic rings. The highest BCUT2D eigenvalue weighted by molar-refractivity contribution is 14.1. The Kier molecular flexibility index (Phi) is 6.56. The number of hydrogen-bond donors (Lipinski definition) is 3. The lowest BCUT2D eigenvalue weighted by Gasteiger charge is -2.24. The van der Waals surface area contributed by atoms with E-state index in [1.165, 1.54) is 31.2 Å². The molecule has 0 bridgehead atoms. The Morgan fingerprint density at radius 3 is 2.35 bits per heavy atom. The molecular weight excluding hydrogens is 471 g/mol. The summed E-state index contributed by atoms with van der Waals surface area (Å²) in [7, 11) is -4.02. The third-order valence-corrected chi connectivity index (χ3v) is 5.77. The first-order valence-corrected chi connectivity index (χ1v) is 9.91. The van der Waals surface area contributed by atoms with Crippen molar-refractivity contribution < 1.29 is 18.0 Å². The summed E-state index contributed by atoms with van der Waals surface area (Å²) in [4.78, 5) is 22.8. The van der Waals surface area contributed by atoms with E-state index in [4.69, 9.17) is 5.84 Å². The van der Waals surface area contributed by atoms with E-state index < -0.39 is 22.5 Å². The minimum Gasteiger partial charge on any atom is -0.326 e. The summed E-state index contributed by atoms with van der Waals surface area (Å²) in [6.07, 6.45) is 0. The van der Waals surface area contributed by atoms with E-state index in [9.17, 15) is 18.0 Å². The monoisotopic (exact) mass is 488 g/mol. The summed E-state index contributed by atoms with van der Waals surface area (Å²) in [6, 6.07) is 12.4. The van der Waals surface area contributed by atoms with Crippen molar-refractivity contribution in [1.29, 1.82) is 0 Å². The van der Waals surface area contributed by atoms with Gasteiger partial charge in [-0.15, -0.1) is 0 Å². The number of sulfonamides is 1. The molecule has 0 aliphatic rings. The molecule has 0 saturated heterocycles. The number of rotatable bonds is 6. The molecule has 2 amide bonds. The van der Waals surface area contributed by atoms with Crippen LogP contribution in [0.15, 0.2) is 53.4 Å². The van der Waals surface area contributed by atoms with Crippen LogP contribution in [0.1, 0.15) is 6.92 Å². The molecule has 0 spiro atoms. The number of carbonyl (C=O) groups is 2. The Bertz CT molecular complexity index is 916. The molecule has 0 heterocycles. The second kappa shape index (κ2) is 8.47. The zero-order chi connectivity index (χ0) is 19.3. The van der Waals surface area contributed by atoms with Gasteiger partial charge in [0.15, 0.2) is 0 Å². The molecule has 0 aliphatic heterocycles. The fourth-order valence-electron chi connectivity index (χ4n) is 2.16. The van der Waals surface area contributed by atoms with Gasteiger partial charge < -0.3 is 5.32 Å². The summed E-state index contributed by atoms with van der Waals surface area (Å²) in [5.41, 5.74) is 2.75. The Morgan fingerprint density at radius 1 is 1.15 bits per heavy atom. The number of nitrogens with two attached hydrogens (primary N) is 1. The minimum atomic E-state index is -4.02. The van der Waals surface area contributed by atoms with Gasteiger partial charge in [-0.25, -0.2) is 14.3 Å².